The summed E-state index contributed by atoms with van der Waals surface area (Å²) in [5.74, 6) is 0.718. The van der Waals surface area contributed by atoms with Gasteiger partial charge in [0.05, 0.1) is 11.4 Å². The highest BCUT2D eigenvalue weighted by Crippen LogP contribution is 2.53. The number of aromatic nitrogens is 2. The Morgan fingerprint density at radius 3 is 1.56 bits per heavy atom. The van der Waals surface area contributed by atoms with Crippen LogP contribution in [0, 0.1) is 0 Å². The van der Waals surface area contributed by atoms with Gasteiger partial charge in [0.2, 0.25) is 0 Å². The normalized spacial score (nSPS) is 12.7. The number of benzene rings is 9. The van der Waals surface area contributed by atoms with Crippen LogP contribution in [0.2, 0.25) is 0 Å². The first-order valence-electron chi connectivity index (χ1n) is 20.4. The summed E-state index contributed by atoms with van der Waals surface area (Å²) in [6, 6.07) is 74.4. The second-order valence-electron chi connectivity index (χ2n) is 16.2. The molecule has 9 aromatic carbocycles. The van der Waals surface area contributed by atoms with E-state index < -0.39 is 0 Å². The predicted octanol–water partition coefficient (Wildman–Crippen LogP) is 15.1. The Balaban J connectivity index is 1.02. The van der Waals surface area contributed by atoms with Crippen LogP contribution >= 0.6 is 0 Å². The molecular weight excluding hydrogens is 713 g/mol. The van der Waals surface area contributed by atoms with Crippen LogP contribution in [0.25, 0.3) is 100.0 Å². The summed E-state index contributed by atoms with van der Waals surface area (Å²) < 4.78 is 0. The highest BCUT2D eigenvalue weighted by Gasteiger charge is 2.37. The van der Waals surface area contributed by atoms with Crippen LogP contribution in [0.5, 0.6) is 0 Å². The highest BCUT2D eigenvalue weighted by molar-refractivity contribution is 5.99. The maximum Gasteiger partial charge on any atom is 0.160 e. The van der Waals surface area contributed by atoms with Gasteiger partial charge in [0.15, 0.2) is 5.82 Å². The van der Waals surface area contributed by atoms with E-state index in [0.717, 1.165) is 33.9 Å². The third-order valence-electron chi connectivity index (χ3n) is 12.3. The van der Waals surface area contributed by atoms with Crippen LogP contribution < -0.4 is 0 Å². The lowest BCUT2D eigenvalue weighted by atomic mass is 9.81. The molecule has 11 rings (SSSR count). The summed E-state index contributed by atoms with van der Waals surface area (Å²) in [6.45, 7) is 4.69. The third kappa shape index (κ3) is 6.04. The molecule has 0 atom stereocenters. The zero-order valence-electron chi connectivity index (χ0n) is 33.0. The van der Waals surface area contributed by atoms with Gasteiger partial charge in [-0.3, -0.25) is 0 Å². The molecule has 1 heterocycles. The Morgan fingerprint density at radius 2 is 0.847 bits per heavy atom. The number of hydrogen-bond donors (Lipinski definition) is 0. The van der Waals surface area contributed by atoms with Crippen molar-refractivity contribution in [3.8, 4) is 78.4 Å². The van der Waals surface area contributed by atoms with Crippen molar-refractivity contribution in [3.05, 3.63) is 217 Å². The van der Waals surface area contributed by atoms with Crippen molar-refractivity contribution in [2.24, 2.45) is 0 Å². The van der Waals surface area contributed by atoms with Crippen LogP contribution in [-0.4, -0.2) is 9.97 Å². The van der Waals surface area contributed by atoms with Crippen molar-refractivity contribution < 1.29 is 0 Å². The molecule has 0 amide bonds. The molecule has 1 aliphatic carbocycles. The van der Waals surface area contributed by atoms with Crippen LogP contribution in [0.3, 0.4) is 0 Å². The summed E-state index contributed by atoms with van der Waals surface area (Å²) in [6.07, 6.45) is 0. The standard InChI is InChI=1S/C57H40N2/c1-57(2)51-24-14-23-48(55(51)50-34-40-21-12-13-22-41(40)35-52(50)57)54-36-53(58-56(59-54)39-19-10-5-11-20-39)46-28-27-42-31-43(25-26-44(42)32-46)45-29-30-47(37-15-6-3-7-16-37)49(33-45)38-17-8-4-9-18-38/h3-36H,1-2H3. The van der Waals surface area contributed by atoms with Gasteiger partial charge in [0.25, 0.3) is 0 Å². The Morgan fingerprint density at radius 1 is 0.305 bits per heavy atom. The zero-order valence-corrected chi connectivity index (χ0v) is 33.0. The van der Waals surface area contributed by atoms with Gasteiger partial charge in [0, 0.05) is 22.1 Å². The minimum atomic E-state index is -0.146. The van der Waals surface area contributed by atoms with E-state index in [2.05, 4.69) is 214 Å². The van der Waals surface area contributed by atoms with E-state index in [9.17, 15) is 0 Å². The molecule has 0 spiro atoms. The molecule has 1 aliphatic rings. The van der Waals surface area contributed by atoms with Gasteiger partial charge in [-0.05, 0) is 114 Å². The topological polar surface area (TPSA) is 25.8 Å². The van der Waals surface area contributed by atoms with Crippen LogP contribution in [0.15, 0.2) is 206 Å². The van der Waals surface area contributed by atoms with E-state index in [4.69, 9.17) is 9.97 Å². The van der Waals surface area contributed by atoms with E-state index in [1.807, 2.05) is 6.07 Å². The molecule has 0 N–H and O–H groups in total. The molecule has 2 heteroatoms. The van der Waals surface area contributed by atoms with Crippen molar-refractivity contribution in [1.29, 1.82) is 0 Å². The molecule has 0 fully saturated rings. The second-order valence-corrected chi connectivity index (χ2v) is 16.2. The summed E-state index contributed by atoms with van der Waals surface area (Å²) >= 11 is 0. The molecule has 0 saturated carbocycles. The first-order chi connectivity index (χ1) is 29.0. The van der Waals surface area contributed by atoms with Gasteiger partial charge in [0.1, 0.15) is 0 Å². The zero-order chi connectivity index (χ0) is 39.5. The average Bonchev–Trinajstić information content (AvgIpc) is 3.53. The highest BCUT2D eigenvalue weighted by atomic mass is 14.9. The number of fused-ring (bicyclic) bond motifs is 5. The Bertz CT molecular complexity index is 3220. The van der Waals surface area contributed by atoms with E-state index in [1.54, 1.807) is 0 Å². The van der Waals surface area contributed by atoms with Crippen molar-refractivity contribution in [3.63, 3.8) is 0 Å². The monoisotopic (exact) mass is 752 g/mol. The molecule has 0 unspecified atom stereocenters. The van der Waals surface area contributed by atoms with Gasteiger partial charge in [-0.2, -0.15) is 0 Å². The number of hydrogen-bond acceptors (Lipinski definition) is 2. The Kier molecular flexibility index (Phi) is 8.20. The second kappa shape index (κ2) is 13.9. The SMILES string of the molecule is CC1(C)c2cc3ccccc3cc2-c2c(-c3cc(-c4ccc5cc(-c6ccc(-c7ccccc7)c(-c7ccccc7)c6)ccc5c4)nc(-c4ccccc4)n3)cccc21. The maximum absolute atomic E-state index is 5.31. The van der Waals surface area contributed by atoms with Gasteiger partial charge in [-0.1, -0.05) is 184 Å². The van der Waals surface area contributed by atoms with Gasteiger partial charge in [-0.25, -0.2) is 9.97 Å². The fraction of sp³-hybridized carbons (Fsp3) is 0.0526. The summed E-state index contributed by atoms with van der Waals surface area (Å²) in [4.78, 5) is 10.6. The quantitative estimate of drug-likeness (QED) is 0.169. The van der Waals surface area contributed by atoms with Crippen molar-refractivity contribution in [1.82, 2.24) is 9.97 Å². The van der Waals surface area contributed by atoms with Crippen molar-refractivity contribution >= 4 is 21.5 Å². The molecule has 59 heavy (non-hydrogen) atoms. The predicted molar refractivity (Wildman–Crippen MR) is 247 cm³/mol. The molecule has 0 aliphatic heterocycles. The molecule has 0 radical (unpaired) electrons. The fourth-order valence-corrected chi connectivity index (χ4v) is 9.17. The average molecular weight is 753 g/mol. The lowest BCUT2D eigenvalue weighted by molar-refractivity contribution is 0.661. The maximum atomic E-state index is 5.31. The molecular formula is C57H40N2. The van der Waals surface area contributed by atoms with Gasteiger partial charge < -0.3 is 0 Å². The van der Waals surface area contributed by atoms with Crippen LogP contribution in [-0.2, 0) is 5.41 Å². The van der Waals surface area contributed by atoms with Crippen LogP contribution in [0.4, 0.5) is 0 Å². The molecule has 1 aromatic heterocycles. The first kappa shape index (κ1) is 34.8. The van der Waals surface area contributed by atoms with Crippen molar-refractivity contribution in [2.75, 3.05) is 0 Å². The summed E-state index contributed by atoms with van der Waals surface area (Å²) in [5, 5.41) is 4.87. The lowest BCUT2D eigenvalue weighted by Crippen LogP contribution is -2.14. The van der Waals surface area contributed by atoms with Crippen LogP contribution in [0.1, 0.15) is 25.0 Å². The summed E-state index contributed by atoms with van der Waals surface area (Å²) in [5.41, 5.74) is 17.3. The molecule has 0 saturated heterocycles. The van der Waals surface area contributed by atoms with E-state index >= 15 is 0 Å². The smallest absolute Gasteiger partial charge is 0.160 e. The fourth-order valence-electron chi connectivity index (χ4n) is 9.17. The van der Waals surface area contributed by atoms with E-state index in [1.165, 1.54) is 77.2 Å². The van der Waals surface area contributed by atoms with Crippen molar-refractivity contribution in [2.45, 2.75) is 19.3 Å². The van der Waals surface area contributed by atoms with Gasteiger partial charge >= 0.3 is 0 Å². The molecule has 0 bridgehead atoms. The molecule has 2 nitrogen and oxygen atoms in total. The lowest BCUT2D eigenvalue weighted by Gasteiger charge is -2.22. The minimum absolute atomic E-state index is 0.146. The Hall–Kier alpha value is -7.42. The third-order valence-corrected chi connectivity index (χ3v) is 12.3. The summed E-state index contributed by atoms with van der Waals surface area (Å²) in [7, 11) is 0. The first-order valence-corrected chi connectivity index (χ1v) is 20.4. The van der Waals surface area contributed by atoms with Gasteiger partial charge in [-0.15, -0.1) is 0 Å². The molecule has 10 aromatic rings. The van der Waals surface area contributed by atoms with E-state index in [0.29, 0.717) is 0 Å². The largest absolute Gasteiger partial charge is 0.228 e. The number of rotatable bonds is 6. The molecule has 278 valence electrons. The Labute approximate surface area is 345 Å². The van der Waals surface area contributed by atoms with E-state index in [-0.39, 0.29) is 5.41 Å². The minimum Gasteiger partial charge on any atom is -0.228 e. The number of nitrogens with zero attached hydrogens (tertiary/aromatic N) is 2.